The summed E-state index contributed by atoms with van der Waals surface area (Å²) in [6.45, 7) is 8.28. The van der Waals surface area contributed by atoms with Crippen molar-refractivity contribution < 1.29 is 14.7 Å². The maximum absolute atomic E-state index is 11.9. The first kappa shape index (κ1) is 16.3. The van der Waals surface area contributed by atoms with E-state index in [4.69, 9.17) is 5.11 Å². The number of hydrogen-bond donors (Lipinski definition) is 2. The zero-order chi connectivity index (χ0) is 14.5. The van der Waals surface area contributed by atoms with Crippen LogP contribution >= 0.6 is 12.6 Å². The molecule has 1 saturated heterocycles. The summed E-state index contributed by atoms with van der Waals surface area (Å²) in [7, 11) is 0. The van der Waals surface area contributed by atoms with Crippen LogP contribution < -0.4 is 0 Å². The van der Waals surface area contributed by atoms with Crippen LogP contribution in [0.4, 0.5) is 0 Å². The van der Waals surface area contributed by atoms with Crippen molar-refractivity contribution >= 4 is 24.5 Å². The third-order valence-electron chi connectivity index (χ3n) is 3.12. The van der Waals surface area contributed by atoms with Crippen molar-refractivity contribution in [2.45, 2.75) is 37.9 Å². The maximum Gasteiger partial charge on any atom is 0.303 e. The predicted octanol–water partition coefficient (Wildman–Crippen LogP) is 1.09. The van der Waals surface area contributed by atoms with E-state index in [1.54, 1.807) is 0 Å². The lowest BCUT2D eigenvalue weighted by molar-refractivity contribution is -0.137. The molecule has 19 heavy (non-hydrogen) atoms. The molecule has 0 aromatic carbocycles. The van der Waals surface area contributed by atoms with Gasteiger partial charge in [0.2, 0.25) is 5.91 Å². The molecule has 0 atom stereocenters. The number of carboxylic acid groups (broad SMARTS) is 1. The normalized spacial score (nSPS) is 17.5. The first-order valence-corrected chi connectivity index (χ1v) is 7.17. The van der Waals surface area contributed by atoms with Crippen molar-refractivity contribution in [2.24, 2.45) is 0 Å². The van der Waals surface area contributed by atoms with E-state index in [9.17, 15) is 9.59 Å². The van der Waals surface area contributed by atoms with Crippen LogP contribution in [-0.4, -0.2) is 64.3 Å². The molecular formula is C13H24N2O3S. The molecule has 1 rings (SSSR count). The summed E-state index contributed by atoms with van der Waals surface area (Å²) in [6.07, 6.45) is 0.835. The molecule has 110 valence electrons. The molecule has 1 fully saturated rings. The first-order chi connectivity index (χ1) is 8.78. The van der Waals surface area contributed by atoms with E-state index in [1.165, 1.54) is 0 Å². The number of carbonyl (C=O) groups excluding carboxylic acids is 1. The summed E-state index contributed by atoms with van der Waals surface area (Å²) < 4.78 is -0.0202. The Kier molecular flexibility index (Phi) is 6.13. The Bertz CT molecular complexity index is 320. The van der Waals surface area contributed by atoms with Crippen LogP contribution in [0.25, 0.3) is 0 Å². The number of thiol groups is 1. The molecule has 0 aromatic rings. The molecule has 0 radical (unpaired) electrons. The van der Waals surface area contributed by atoms with E-state index < -0.39 is 5.97 Å². The largest absolute Gasteiger partial charge is 0.481 e. The second-order valence-electron chi connectivity index (χ2n) is 5.72. The lowest BCUT2D eigenvalue weighted by atomic mass is 10.1. The van der Waals surface area contributed by atoms with Gasteiger partial charge in [0.1, 0.15) is 0 Å². The molecule has 0 aromatic heterocycles. The topological polar surface area (TPSA) is 60.9 Å². The van der Waals surface area contributed by atoms with Crippen LogP contribution in [0.5, 0.6) is 0 Å². The number of carbonyl (C=O) groups is 2. The molecular weight excluding hydrogens is 264 g/mol. The van der Waals surface area contributed by atoms with Gasteiger partial charge in [0.15, 0.2) is 0 Å². The predicted molar refractivity (Wildman–Crippen MR) is 77.6 cm³/mol. The highest BCUT2D eigenvalue weighted by Gasteiger charge is 2.24. The Labute approximate surface area is 120 Å². The highest BCUT2D eigenvalue weighted by molar-refractivity contribution is 7.81. The zero-order valence-corrected chi connectivity index (χ0v) is 12.7. The molecule has 1 N–H and O–H groups in total. The van der Waals surface area contributed by atoms with Crippen LogP contribution in [0.1, 0.15) is 33.1 Å². The number of aliphatic carboxylic acids is 1. The van der Waals surface area contributed by atoms with Crippen molar-refractivity contribution in [1.82, 2.24) is 9.80 Å². The smallest absolute Gasteiger partial charge is 0.303 e. The molecule has 0 saturated carbocycles. The average molecular weight is 288 g/mol. The number of carboxylic acids is 1. The number of rotatable bonds is 6. The molecule has 1 amide bonds. The molecule has 0 aliphatic carbocycles. The summed E-state index contributed by atoms with van der Waals surface area (Å²) in [4.78, 5) is 26.4. The summed E-state index contributed by atoms with van der Waals surface area (Å²) in [5, 5.41) is 8.54. The number of nitrogens with zero attached hydrogens (tertiary/aromatic N) is 2. The minimum Gasteiger partial charge on any atom is -0.481 e. The number of piperazine rings is 1. The average Bonchev–Trinajstić information content (AvgIpc) is 2.27. The fourth-order valence-corrected chi connectivity index (χ4v) is 2.45. The maximum atomic E-state index is 11.9. The van der Waals surface area contributed by atoms with Gasteiger partial charge in [-0.05, 0) is 20.3 Å². The van der Waals surface area contributed by atoms with E-state index in [0.717, 1.165) is 32.7 Å². The Morgan fingerprint density at radius 3 is 2.21 bits per heavy atom. The Balaban J connectivity index is 2.25. The highest BCUT2D eigenvalue weighted by Crippen LogP contribution is 2.15. The van der Waals surface area contributed by atoms with Gasteiger partial charge in [0.05, 0.1) is 0 Å². The second-order valence-corrected chi connectivity index (χ2v) is 6.93. The Morgan fingerprint density at radius 2 is 1.74 bits per heavy atom. The van der Waals surface area contributed by atoms with E-state index >= 15 is 0 Å². The second kappa shape index (κ2) is 7.14. The summed E-state index contributed by atoms with van der Waals surface area (Å²) >= 11 is 4.52. The van der Waals surface area contributed by atoms with Gasteiger partial charge in [0.25, 0.3) is 0 Å². The van der Waals surface area contributed by atoms with E-state index in [-0.39, 0.29) is 17.1 Å². The van der Waals surface area contributed by atoms with E-state index in [0.29, 0.717) is 12.8 Å². The minimum atomic E-state index is -0.839. The minimum absolute atomic E-state index is 0.0202. The van der Waals surface area contributed by atoms with Gasteiger partial charge < -0.3 is 10.0 Å². The molecule has 0 bridgehead atoms. The van der Waals surface area contributed by atoms with Gasteiger partial charge in [-0.15, -0.1) is 0 Å². The lowest BCUT2D eigenvalue weighted by Gasteiger charge is -2.37. The number of hydrogen-bond acceptors (Lipinski definition) is 4. The summed E-state index contributed by atoms with van der Waals surface area (Å²) in [5.74, 6) is -0.764. The van der Waals surface area contributed by atoms with Crippen molar-refractivity contribution in [3.05, 3.63) is 0 Å². The van der Waals surface area contributed by atoms with Gasteiger partial charge >= 0.3 is 5.97 Å². The molecule has 6 heteroatoms. The van der Waals surface area contributed by atoms with Crippen LogP contribution in [0, 0.1) is 0 Å². The molecule has 1 aliphatic heterocycles. The van der Waals surface area contributed by atoms with E-state index in [2.05, 4.69) is 31.4 Å². The van der Waals surface area contributed by atoms with Crippen LogP contribution in [0.2, 0.25) is 0 Å². The van der Waals surface area contributed by atoms with Gasteiger partial charge in [-0.3, -0.25) is 14.5 Å². The zero-order valence-electron chi connectivity index (χ0n) is 11.8. The fraction of sp³-hybridized carbons (Fsp3) is 0.846. The quantitative estimate of drug-likeness (QED) is 0.718. The van der Waals surface area contributed by atoms with Crippen LogP contribution in [0.3, 0.4) is 0 Å². The van der Waals surface area contributed by atoms with E-state index in [1.807, 2.05) is 4.90 Å². The molecule has 1 aliphatic rings. The monoisotopic (exact) mass is 288 g/mol. The van der Waals surface area contributed by atoms with Crippen LogP contribution in [0.15, 0.2) is 0 Å². The molecule has 0 unspecified atom stereocenters. The van der Waals surface area contributed by atoms with Crippen molar-refractivity contribution in [3.8, 4) is 0 Å². The van der Waals surface area contributed by atoms with Gasteiger partial charge in [-0.2, -0.15) is 12.6 Å². The fourth-order valence-electron chi connectivity index (χ4n) is 2.25. The number of amides is 1. The van der Waals surface area contributed by atoms with Crippen molar-refractivity contribution in [2.75, 3.05) is 32.7 Å². The lowest BCUT2D eigenvalue weighted by Crippen LogP contribution is -2.51. The van der Waals surface area contributed by atoms with Gasteiger partial charge in [-0.1, -0.05) is 0 Å². The molecule has 1 heterocycles. The first-order valence-electron chi connectivity index (χ1n) is 6.72. The van der Waals surface area contributed by atoms with Gasteiger partial charge in [-0.25, -0.2) is 0 Å². The van der Waals surface area contributed by atoms with Gasteiger partial charge in [0, 0.05) is 50.3 Å². The SMILES string of the molecule is CC(C)(S)CN1CCN(C(=O)CCCC(=O)O)CC1. The van der Waals surface area contributed by atoms with Crippen molar-refractivity contribution in [1.29, 1.82) is 0 Å². The Morgan fingerprint density at radius 1 is 1.16 bits per heavy atom. The summed E-state index contributed by atoms with van der Waals surface area (Å²) in [5.41, 5.74) is 0. The van der Waals surface area contributed by atoms with Crippen LogP contribution in [-0.2, 0) is 9.59 Å². The molecule has 0 spiro atoms. The highest BCUT2D eigenvalue weighted by atomic mass is 32.1. The van der Waals surface area contributed by atoms with Crippen molar-refractivity contribution in [3.63, 3.8) is 0 Å². The molecule has 5 nitrogen and oxygen atoms in total. The third kappa shape index (κ3) is 6.82. The standard InChI is InChI=1S/C13H24N2O3S/c1-13(2,19)10-14-6-8-15(9-7-14)11(16)4-3-5-12(17)18/h19H,3-10H2,1-2H3,(H,17,18). The summed E-state index contributed by atoms with van der Waals surface area (Å²) in [6, 6.07) is 0. The third-order valence-corrected chi connectivity index (χ3v) is 3.26. The Hall–Kier alpha value is -0.750.